The fourth-order valence-corrected chi connectivity index (χ4v) is 3.31. The van der Waals surface area contributed by atoms with Crippen molar-refractivity contribution >= 4 is 5.91 Å². The number of carbonyl (C=O) groups is 1. The van der Waals surface area contributed by atoms with Crippen molar-refractivity contribution in [1.29, 1.82) is 0 Å². The summed E-state index contributed by atoms with van der Waals surface area (Å²) in [6.45, 7) is 3.95. The van der Waals surface area contributed by atoms with Crippen LogP contribution in [0.15, 0.2) is 42.5 Å². The van der Waals surface area contributed by atoms with Gasteiger partial charge in [0.25, 0.3) is 5.91 Å². The summed E-state index contributed by atoms with van der Waals surface area (Å²) in [6.07, 6.45) is 1.31. The SMILES string of the molecule is COc1cc(CC(CO)NC(=O)c2ccccc2)cc2c1OC(C)(C)C2. The fraction of sp³-hybridized carbons (Fsp3) is 0.381. The van der Waals surface area contributed by atoms with Gasteiger partial charge in [0.2, 0.25) is 0 Å². The molecule has 0 spiro atoms. The second-order valence-electron chi connectivity index (χ2n) is 7.25. The van der Waals surface area contributed by atoms with E-state index in [1.54, 1.807) is 19.2 Å². The molecule has 5 heteroatoms. The van der Waals surface area contributed by atoms with E-state index in [0.29, 0.717) is 17.7 Å². The van der Waals surface area contributed by atoms with Crippen molar-refractivity contribution in [1.82, 2.24) is 5.32 Å². The van der Waals surface area contributed by atoms with E-state index in [-0.39, 0.29) is 24.2 Å². The van der Waals surface area contributed by atoms with Gasteiger partial charge in [-0.3, -0.25) is 4.79 Å². The standard InChI is InChI=1S/C21H25NO4/c1-21(2)12-16-9-14(11-18(25-3)19(16)26-21)10-17(13-23)22-20(24)15-7-5-4-6-8-15/h4-9,11,17,23H,10,12-13H2,1-3H3,(H,22,24). The maximum atomic E-state index is 12.3. The van der Waals surface area contributed by atoms with E-state index in [9.17, 15) is 9.90 Å². The first-order valence-corrected chi connectivity index (χ1v) is 8.77. The van der Waals surface area contributed by atoms with E-state index in [4.69, 9.17) is 9.47 Å². The summed E-state index contributed by atoms with van der Waals surface area (Å²) in [5.41, 5.74) is 2.41. The number of hydrogen-bond donors (Lipinski definition) is 2. The van der Waals surface area contributed by atoms with Crippen LogP contribution in [-0.4, -0.2) is 36.4 Å². The molecule has 1 aliphatic heterocycles. The molecule has 1 atom stereocenters. The van der Waals surface area contributed by atoms with Gasteiger partial charge < -0.3 is 19.9 Å². The summed E-state index contributed by atoms with van der Waals surface area (Å²) >= 11 is 0. The number of ether oxygens (including phenoxy) is 2. The highest BCUT2D eigenvalue weighted by molar-refractivity contribution is 5.94. The molecule has 0 saturated heterocycles. The summed E-state index contributed by atoms with van der Waals surface area (Å²) in [4.78, 5) is 12.3. The number of carbonyl (C=O) groups excluding carboxylic acids is 1. The average molecular weight is 355 g/mol. The highest BCUT2D eigenvalue weighted by atomic mass is 16.5. The van der Waals surface area contributed by atoms with Gasteiger partial charge in [-0.1, -0.05) is 24.3 Å². The molecule has 5 nitrogen and oxygen atoms in total. The number of rotatable bonds is 6. The van der Waals surface area contributed by atoms with E-state index in [2.05, 4.69) is 11.4 Å². The van der Waals surface area contributed by atoms with Crippen LogP contribution in [0.4, 0.5) is 0 Å². The largest absolute Gasteiger partial charge is 0.493 e. The van der Waals surface area contributed by atoms with Crippen molar-refractivity contribution in [3.63, 3.8) is 0 Å². The van der Waals surface area contributed by atoms with E-state index in [0.717, 1.165) is 23.3 Å². The number of aliphatic hydroxyl groups is 1. The topological polar surface area (TPSA) is 67.8 Å². The molecule has 138 valence electrons. The third-order valence-electron chi connectivity index (χ3n) is 4.48. The molecule has 3 rings (SSSR count). The number of hydrogen-bond acceptors (Lipinski definition) is 4. The van der Waals surface area contributed by atoms with Crippen molar-refractivity contribution in [2.24, 2.45) is 0 Å². The average Bonchev–Trinajstić information content (AvgIpc) is 2.94. The zero-order valence-electron chi connectivity index (χ0n) is 15.4. The van der Waals surface area contributed by atoms with Crippen LogP contribution in [0.2, 0.25) is 0 Å². The Bertz CT molecular complexity index is 786. The van der Waals surface area contributed by atoms with E-state index in [1.165, 1.54) is 0 Å². The fourth-order valence-electron chi connectivity index (χ4n) is 3.31. The van der Waals surface area contributed by atoms with Crippen LogP contribution in [0.25, 0.3) is 0 Å². The number of nitrogens with one attached hydrogen (secondary N) is 1. The summed E-state index contributed by atoms with van der Waals surface area (Å²) in [5, 5.41) is 12.6. The summed E-state index contributed by atoms with van der Waals surface area (Å²) < 4.78 is 11.5. The van der Waals surface area contributed by atoms with Crippen molar-refractivity contribution in [3.05, 3.63) is 59.2 Å². The van der Waals surface area contributed by atoms with Crippen LogP contribution in [0.1, 0.15) is 35.3 Å². The monoisotopic (exact) mass is 355 g/mol. The zero-order chi connectivity index (χ0) is 18.7. The van der Waals surface area contributed by atoms with E-state index in [1.807, 2.05) is 38.1 Å². The Balaban J connectivity index is 1.76. The maximum Gasteiger partial charge on any atom is 0.251 e. The van der Waals surface area contributed by atoms with Crippen LogP contribution < -0.4 is 14.8 Å². The summed E-state index contributed by atoms with van der Waals surface area (Å²) in [7, 11) is 1.62. The van der Waals surface area contributed by atoms with Gasteiger partial charge in [-0.2, -0.15) is 0 Å². The molecule has 2 aromatic rings. The van der Waals surface area contributed by atoms with E-state index < -0.39 is 0 Å². The maximum absolute atomic E-state index is 12.3. The van der Waals surface area contributed by atoms with Gasteiger partial charge in [-0.25, -0.2) is 0 Å². The normalized spacial score (nSPS) is 15.7. The van der Waals surface area contributed by atoms with Gasteiger partial charge in [0, 0.05) is 17.5 Å². The molecular formula is C21H25NO4. The predicted molar refractivity (Wildman–Crippen MR) is 99.9 cm³/mol. The van der Waals surface area contributed by atoms with Gasteiger partial charge in [-0.15, -0.1) is 0 Å². The highest BCUT2D eigenvalue weighted by Gasteiger charge is 2.33. The number of aliphatic hydroxyl groups excluding tert-OH is 1. The Kier molecular flexibility index (Phi) is 5.18. The quantitative estimate of drug-likeness (QED) is 0.836. The smallest absolute Gasteiger partial charge is 0.251 e. The van der Waals surface area contributed by atoms with Crippen molar-refractivity contribution in [2.45, 2.75) is 38.3 Å². The Hall–Kier alpha value is -2.53. The zero-order valence-corrected chi connectivity index (χ0v) is 15.4. The lowest BCUT2D eigenvalue weighted by Gasteiger charge is -2.18. The number of fused-ring (bicyclic) bond motifs is 1. The van der Waals surface area contributed by atoms with Crippen molar-refractivity contribution in [3.8, 4) is 11.5 Å². The molecule has 1 amide bonds. The summed E-state index contributed by atoms with van der Waals surface area (Å²) in [5.74, 6) is 1.28. The van der Waals surface area contributed by atoms with Gasteiger partial charge >= 0.3 is 0 Å². The van der Waals surface area contributed by atoms with Crippen LogP contribution in [0.3, 0.4) is 0 Å². The molecular weight excluding hydrogens is 330 g/mol. The van der Waals surface area contributed by atoms with Gasteiger partial charge in [0.1, 0.15) is 5.60 Å². The minimum absolute atomic E-state index is 0.139. The van der Waals surface area contributed by atoms with Crippen LogP contribution >= 0.6 is 0 Å². The highest BCUT2D eigenvalue weighted by Crippen LogP contribution is 2.42. The Morgan fingerprint density at radius 1 is 1.31 bits per heavy atom. The lowest BCUT2D eigenvalue weighted by molar-refractivity contribution is 0.0916. The Labute approximate surface area is 153 Å². The van der Waals surface area contributed by atoms with Gasteiger partial charge in [0.15, 0.2) is 11.5 Å². The molecule has 26 heavy (non-hydrogen) atoms. The van der Waals surface area contributed by atoms with Crippen molar-refractivity contribution in [2.75, 3.05) is 13.7 Å². The van der Waals surface area contributed by atoms with Crippen LogP contribution in [-0.2, 0) is 12.8 Å². The lowest BCUT2D eigenvalue weighted by Crippen LogP contribution is -2.39. The van der Waals surface area contributed by atoms with Crippen LogP contribution in [0.5, 0.6) is 11.5 Å². The lowest BCUT2D eigenvalue weighted by atomic mass is 9.97. The number of methoxy groups -OCH3 is 1. The molecule has 1 unspecified atom stereocenters. The first-order chi connectivity index (χ1) is 12.4. The number of amides is 1. The molecule has 0 aromatic heterocycles. The summed E-state index contributed by atoms with van der Waals surface area (Å²) in [6, 6.07) is 12.6. The molecule has 0 radical (unpaired) electrons. The second-order valence-corrected chi connectivity index (χ2v) is 7.25. The minimum Gasteiger partial charge on any atom is -0.493 e. The van der Waals surface area contributed by atoms with Crippen LogP contribution in [0, 0.1) is 0 Å². The molecule has 0 aliphatic carbocycles. The molecule has 0 bridgehead atoms. The minimum atomic E-state index is -0.374. The van der Waals surface area contributed by atoms with Gasteiger partial charge in [-0.05, 0) is 44.0 Å². The van der Waals surface area contributed by atoms with Crippen molar-refractivity contribution < 1.29 is 19.4 Å². The molecule has 2 aromatic carbocycles. The third kappa shape index (κ3) is 3.99. The first kappa shape index (κ1) is 18.3. The van der Waals surface area contributed by atoms with E-state index >= 15 is 0 Å². The number of benzene rings is 2. The second kappa shape index (κ2) is 7.38. The first-order valence-electron chi connectivity index (χ1n) is 8.77. The molecule has 0 fully saturated rings. The van der Waals surface area contributed by atoms with Gasteiger partial charge in [0.05, 0.1) is 19.8 Å². The molecule has 2 N–H and O–H groups in total. The predicted octanol–water partition coefficient (Wildman–Crippen LogP) is 2.74. The Morgan fingerprint density at radius 3 is 2.69 bits per heavy atom. The molecule has 1 aliphatic rings. The molecule has 0 saturated carbocycles. The Morgan fingerprint density at radius 2 is 2.04 bits per heavy atom. The third-order valence-corrected chi connectivity index (χ3v) is 4.48. The molecule has 1 heterocycles.